The lowest BCUT2D eigenvalue weighted by Crippen LogP contribution is -2.36. The Morgan fingerprint density at radius 3 is 2.83 bits per heavy atom. The molecular weight excluding hydrogens is 327 g/mol. The van der Waals surface area contributed by atoms with Crippen molar-refractivity contribution in [2.45, 2.75) is 25.2 Å². The fourth-order valence-electron chi connectivity index (χ4n) is 2.77. The molecule has 3 heterocycles. The minimum atomic E-state index is -5.10. The lowest BCUT2D eigenvalue weighted by molar-refractivity contribution is -0.169. The molecule has 3 N–H and O–H groups in total. The normalized spacial score (nSPS) is 21.3. The summed E-state index contributed by atoms with van der Waals surface area (Å²) in [5, 5.41) is 3.16. The van der Waals surface area contributed by atoms with E-state index in [1.165, 1.54) is 12.3 Å². The Balaban J connectivity index is 1.85. The van der Waals surface area contributed by atoms with Crippen LogP contribution in [0.2, 0.25) is 0 Å². The molecule has 0 aliphatic carbocycles. The Labute approximate surface area is 134 Å². The zero-order chi connectivity index (χ0) is 17.5. The molecular formula is C14H14F3N5O2. The van der Waals surface area contributed by atoms with E-state index >= 15 is 0 Å². The predicted molar refractivity (Wildman–Crippen MR) is 77.2 cm³/mol. The van der Waals surface area contributed by atoms with Crippen LogP contribution in [0.5, 0.6) is 0 Å². The fourth-order valence-corrected chi connectivity index (χ4v) is 2.77. The number of hydrogen-bond donors (Lipinski definition) is 2. The molecule has 1 atom stereocenters. The number of fused-ring (bicyclic) bond motifs is 1. The number of nitrogens with zero attached hydrogens (tertiary/aromatic N) is 3. The monoisotopic (exact) mass is 341 g/mol. The number of amides is 2. The average Bonchev–Trinajstić information content (AvgIpc) is 3.14. The highest BCUT2D eigenvalue weighted by molar-refractivity contribution is 6.07. The van der Waals surface area contributed by atoms with Crippen LogP contribution in [0.15, 0.2) is 17.3 Å². The fraction of sp³-hybridized carbons (Fsp3) is 0.429. The zero-order valence-electron chi connectivity index (χ0n) is 12.4. The number of pyridine rings is 1. The smallest absolute Gasteiger partial charge is 0.383 e. The van der Waals surface area contributed by atoms with Crippen molar-refractivity contribution in [1.82, 2.24) is 15.2 Å². The van der Waals surface area contributed by atoms with Gasteiger partial charge in [0, 0.05) is 24.3 Å². The Bertz CT molecular complexity index is 726. The summed E-state index contributed by atoms with van der Waals surface area (Å²) in [6.45, 7) is 1.86. The number of nitrogens with one attached hydrogen (secondary N) is 1. The van der Waals surface area contributed by atoms with Crippen molar-refractivity contribution in [2.24, 2.45) is 10.7 Å². The van der Waals surface area contributed by atoms with Gasteiger partial charge >= 0.3 is 12.1 Å². The van der Waals surface area contributed by atoms with Gasteiger partial charge in [0.1, 0.15) is 5.84 Å². The summed E-state index contributed by atoms with van der Waals surface area (Å²) in [7, 11) is 0. The zero-order valence-corrected chi connectivity index (χ0v) is 12.4. The van der Waals surface area contributed by atoms with Gasteiger partial charge in [0.15, 0.2) is 0 Å². The molecule has 2 aliphatic heterocycles. The van der Waals surface area contributed by atoms with Crippen molar-refractivity contribution in [2.75, 3.05) is 13.1 Å². The first-order valence-corrected chi connectivity index (χ1v) is 7.23. The number of aliphatic imine (C=N–C) groups is 1. The molecule has 0 aromatic carbocycles. The average molecular weight is 341 g/mol. The molecule has 2 aliphatic rings. The molecule has 24 heavy (non-hydrogen) atoms. The number of carbonyl (C=O) groups excluding carboxylic acids is 2. The van der Waals surface area contributed by atoms with Crippen molar-refractivity contribution < 1.29 is 22.8 Å². The summed E-state index contributed by atoms with van der Waals surface area (Å²) in [4.78, 5) is 31.9. The maximum absolute atomic E-state index is 12.5. The summed E-state index contributed by atoms with van der Waals surface area (Å²) in [5.74, 6) is -3.17. The molecule has 1 aromatic rings. The molecule has 0 saturated carbocycles. The first-order chi connectivity index (χ1) is 11.3. The van der Waals surface area contributed by atoms with Crippen LogP contribution in [0.1, 0.15) is 28.0 Å². The molecule has 0 spiro atoms. The Morgan fingerprint density at radius 2 is 2.21 bits per heavy atom. The molecule has 128 valence electrons. The molecule has 0 bridgehead atoms. The SMILES string of the molecule is NC(=NC(=O)C(F)(F)F)c1cnc2c(c1)C(=O)N(C1CCNC1)C2. The highest BCUT2D eigenvalue weighted by Crippen LogP contribution is 2.26. The third-order valence-corrected chi connectivity index (χ3v) is 4.02. The van der Waals surface area contributed by atoms with E-state index in [9.17, 15) is 22.8 Å². The van der Waals surface area contributed by atoms with Crippen LogP contribution in [0.25, 0.3) is 0 Å². The van der Waals surface area contributed by atoms with Gasteiger partial charge < -0.3 is 16.0 Å². The number of nitrogens with two attached hydrogens (primary N) is 1. The minimum absolute atomic E-state index is 0.00565. The minimum Gasteiger partial charge on any atom is -0.383 e. The second-order valence-corrected chi connectivity index (χ2v) is 5.60. The summed E-state index contributed by atoms with van der Waals surface area (Å²) < 4.78 is 36.7. The van der Waals surface area contributed by atoms with Crippen molar-refractivity contribution >= 4 is 17.6 Å². The van der Waals surface area contributed by atoms with E-state index in [1.54, 1.807) is 4.90 Å². The van der Waals surface area contributed by atoms with Gasteiger partial charge in [0.05, 0.1) is 17.8 Å². The Morgan fingerprint density at radius 1 is 1.46 bits per heavy atom. The van der Waals surface area contributed by atoms with E-state index in [4.69, 9.17) is 5.73 Å². The van der Waals surface area contributed by atoms with Gasteiger partial charge in [-0.2, -0.15) is 18.2 Å². The standard InChI is InChI=1S/C14H14F3N5O2/c15-14(16,17)13(24)21-11(18)7-3-9-10(20-4-7)6-22(12(9)23)8-1-2-19-5-8/h3-4,8,19H,1-2,5-6H2,(H2,18,21,24). The van der Waals surface area contributed by atoms with E-state index in [0.717, 1.165) is 13.0 Å². The number of carbonyl (C=O) groups is 2. The highest BCUT2D eigenvalue weighted by atomic mass is 19.4. The van der Waals surface area contributed by atoms with Crippen LogP contribution in [0.3, 0.4) is 0 Å². The van der Waals surface area contributed by atoms with E-state index in [2.05, 4.69) is 15.3 Å². The van der Waals surface area contributed by atoms with Crippen molar-refractivity contribution in [3.63, 3.8) is 0 Å². The van der Waals surface area contributed by atoms with E-state index < -0.39 is 17.9 Å². The van der Waals surface area contributed by atoms with Crippen LogP contribution >= 0.6 is 0 Å². The van der Waals surface area contributed by atoms with E-state index in [1.807, 2.05) is 0 Å². The summed E-state index contributed by atoms with van der Waals surface area (Å²) in [6.07, 6.45) is -3.06. The van der Waals surface area contributed by atoms with Crippen LogP contribution < -0.4 is 11.1 Å². The van der Waals surface area contributed by atoms with E-state index in [0.29, 0.717) is 18.8 Å². The van der Waals surface area contributed by atoms with Crippen molar-refractivity contribution in [1.29, 1.82) is 0 Å². The molecule has 10 heteroatoms. The topological polar surface area (TPSA) is 101 Å². The Hall–Kier alpha value is -2.49. The van der Waals surface area contributed by atoms with Gasteiger partial charge in [-0.25, -0.2) is 0 Å². The van der Waals surface area contributed by atoms with Gasteiger partial charge in [-0.3, -0.25) is 14.6 Å². The number of aromatic nitrogens is 1. The van der Waals surface area contributed by atoms with Crippen LogP contribution in [-0.2, 0) is 11.3 Å². The maximum Gasteiger partial charge on any atom is 0.473 e. The molecule has 0 radical (unpaired) electrons. The summed E-state index contributed by atoms with van der Waals surface area (Å²) >= 11 is 0. The number of amidine groups is 1. The lowest BCUT2D eigenvalue weighted by atomic mass is 10.1. The number of rotatable bonds is 2. The van der Waals surface area contributed by atoms with Crippen LogP contribution in [0, 0.1) is 0 Å². The lowest BCUT2D eigenvalue weighted by Gasteiger charge is -2.22. The maximum atomic E-state index is 12.5. The van der Waals surface area contributed by atoms with E-state index in [-0.39, 0.29) is 23.1 Å². The summed E-state index contributed by atoms with van der Waals surface area (Å²) in [5.41, 5.74) is 6.26. The first-order valence-electron chi connectivity index (χ1n) is 7.23. The first kappa shape index (κ1) is 16.4. The molecule has 2 amide bonds. The highest BCUT2D eigenvalue weighted by Gasteiger charge is 2.39. The van der Waals surface area contributed by atoms with Gasteiger partial charge in [0.2, 0.25) is 0 Å². The van der Waals surface area contributed by atoms with Gasteiger partial charge in [-0.05, 0) is 19.0 Å². The Kier molecular flexibility index (Phi) is 3.99. The third kappa shape index (κ3) is 2.96. The third-order valence-electron chi connectivity index (χ3n) is 4.02. The number of halogens is 3. The summed E-state index contributed by atoms with van der Waals surface area (Å²) in [6, 6.07) is 1.39. The molecule has 7 nitrogen and oxygen atoms in total. The van der Waals surface area contributed by atoms with Gasteiger partial charge in [0.25, 0.3) is 5.91 Å². The molecule has 1 fully saturated rings. The second kappa shape index (κ2) is 5.86. The molecule has 1 saturated heterocycles. The molecule has 1 aromatic heterocycles. The molecule has 1 unspecified atom stereocenters. The van der Waals surface area contributed by atoms with Crippen molar-refractivity contribution in [3.05, 3.63) is 29.1 Å². The second-order valence-electron chi connectivity index (χ2n) is 5.60. The largest absolute Gasteiger partial charge is 0.473 e. The number of alkyl halides is 3. The van der Waals surface area contributed by atoms with Gasteiger partial charge in [-0.1, -0.05) is 0 Å². The predicted octanol–water partition coefficient (Wildman–Crippen LogP) is 0.194. The van der Waals surface area contributed by atoms with Crippen molar-refractivity contribution in [3.8, 4) is 0 Å². The van der Waals surface area contributed by atoms with Gasteiger partial charge in [-0.15, -0.1) is 0 Å². The molecule has 3 rings (SSSR count). The number of hydrogen-bond acceptors (Lipinski definition) is 4. The van der Waals surface area contributed by atoms with Crippen LogP contribution in [0.4, 0.5) is 13.2 Å². The van der Waals surface area contributed by atoms with Crippen LogP contribution in [-0.4, -0.2) is 52.8 Å². The quantitative estimate of drug-likeness (QED) is 0.591.